The maximum Gasteiger partial charge on any atom is 0.197 e. The van der Waals surface area contributed by atoms with Crippen molar-refractivity contribution in [1.82, 2.24) is 0 Å². The standard InChI is InChI=1S/C14H9ClO2/c15-10-5-6-12-13(7-10)17-8-9-3-1-2-4-11(9)14(12)16/h1-7H,8H2. The van der Waals surface area contributed by atoms with E-state index in [-0.39, 0.29) is 5.78 Å². The number of ketones is 1. The summed E-state index contributed by atoms with van der Waals surface area (Å²) in [4.78, 5) is 12.3. The lowest BCUT2D eigenvalue weighted by molar-refractivity contribution is 0.103. The highest BCUT2D eigenvalue weighted by Crippen LogP contribution is 2.30. The zero-order chi connectivity index (χ0) is 11.8. The average molecular weight is 245 g/mol. The quantitative estimate of drug-likeness (QED) is 0.709. The van der Waals surface area contributed by atoms with Gasteiger partial charge < -0.3 is 4.74 Å². The van der Waals surface area contributed by atoms with Crippen LogP contribution < -0.4 is 4.74 Å². The van der Waals surface area contributed by atoms with Crippen LogP contribution in [0.3, 0.4) is 0 Å². The van der Waals surface area contributed by atoms with Gasteiger partial charge in [0.1, 0.15) is 12.4 Å². The summed E-state index contributed by atoms with van der Waals surface area (Å²) in [5.74, 6) is 0.545. The summed E-state index contributed by atoms with van der Waals surface area (Å²) in [6.45, 7) is 0.398. The lowest BCUT2D eigenvalue weighted by Crippen LogP contribution is -2.02. The van der Waals surface area contributed by atoms with Crippen molar-refractivity contribution in [3.05, 3.63) is 64.2 Å². The van der Waals surface area contributed by atoms with Crippen molar-refractivity contribution in [2.24, 2.45) is 0 Å². The lowest BCUT2D eigenvalue weighted by atomic mass is 9.99. The Morgan fingerprint density at radius 2 is 1.88 bits per heavy atom. The predicted octanol–water partition coefficient (Wildman–Crippen LogP) is 3.46. The Labute approximate surface area is 104 Å². The van der Waals surface area contributed by atoms with Crippen LogP contribution in [-0.4, -0.2) is 5.78 Å². The fourth-order valence-corrected chi connectivity index (χ4v) is 2.13. The summed E-state index contributed by atoms with van der Waals surface area (Å²) >= 11 is 5.90. The van der Waals surface area contributed by atoms with Crippen molar-refractivity contribution in [2.75, 3.05) is 0 Å². The van der Waals surface area contributed by atoms with Crippen LogP contribution in [0.2, 0.25) is 5.02 Å². The molecular formula is C14H9ClO2. The number of benzene rings is 2. The topological polar surface area (TPSA) is 26.3 Å². The molecule has 2 aromatic carbocycles. The minimum atomic E-state index is -0.00948. The Balaban J connectivity index is 2.20. The van der Waals surface area contributed by atoms with Gasteiger partial charge in [0.25, 0.3) is 0 Å². The number of carbonyl (C=O) groups is 1. The van der Waals surface area contributed by atoms with Gasteiger partial charge in [-0.1, -0.05) is 35.9 Å². The smallest absolute Gasteiger partial charge is 0.197 e. The molecule has 1 aliphatic heterocycles. The molecule has 3 rings (SSSR count). The molecule has 0 saturated carbocycles. The molecule has 3 heteroatoms. The highest BCUT2D eigenvalue weighted by atomic mass is 35.5. The van der Waals surface area contributed by atoms with E-state index < -0.39 is 0 Å². The van der Waals surface area contributed by atoms with Crippen molar-refractivity contribution < 1.29 is 9.53 Å². The molecule has 0 atom stereocenters. The highest BCUT2D eigenvalue weighted by Gasteiger charge is 2.21. The Kier molecular flexibility index (Phi) is 2.37. The van der Waals surface area contributed by atoms with Crippen molar-refractivity contribution in [2.45, 2.75) is 6.61 Å². The zero-order valence-electron chi connectivity index (χ0n) is 8.94. The van der Waals surface area contributed by atoms with E-state index in [4.69, 9.17) is 16.3 Å². The van der Waals surface area contributed by atoms with Gasteiger partial charge in [0.2, 0.25) is 0 Å². The summed E-state index contributed by atoms with van der Waals surface area (Å²) < 4.78 is 5.62. The van der Waals surface area contributed by atoms with E-state index in [1.165, 1.54) is 0 Å². The van der Waals surface area contributed by atoms with E-state index >= 15 is 0 Å². The Morgan fingerprint density at radius 1 is 1.06 bits per heavy atom. The van der Waals surface area contributed by atoms with Gasteiger partial charge in [-0.3, -0.25) is 4.79 Å². The van der Waals surface area contributed by atoms with Gasteiger partial charge in [-0.15, -0.1) is 0 Å². The number of carbonyl (C=O) groups excluding carboxylic acids is 1. The molecule has 0 aliphatic carbocycles. The van der Waals surface area contributed by atoms with E-state index in [2.05, 4.69) is 0 Å². The molecule has 0 bridgehead atoms. The third kappa shape index (κ3) is 1.71. The van der Waals surface area contributed by atoms with Gasteiger partial charge in [-0.2, -0.15) is 0 Å². The van der Waals surface area contributed by atoms with Crippen LogP contribution >= 0.6 is 11.6 Å². The normalized spacial score (nSPS) is 13.4. The Bertz CT molecular complexity index is 605. The molecule has 0 spiro atoms. The summed E-state index contributed by atoms with van der Waals surface area (Å²) in [7, 11) is 0. The summed E-state index contributed by atoms with van der Waals surface area (Å²) in [5, 5.41) is 0.572. The molecule has 84 valence electrons. The predicted molar refractivity (Wildman–Crippen MR) is 65.7 cm³/mol. The first-order valence-corrected chi connectivity index (χ1v) is 5.68. The van der Waals surface area contributed by atoms with E-state index in [1.807, 2.05) is 24.3 Å². The first-order chi connectivity index (χ1) is 8.25. The second-order valence-electron chi connectivity index (χ2n) is 3.92. The van der Waals surface area contributed by atoms with Crippen LogP contribution in [0.5, 0.6) is 5.75 Å². The van der Waals surface area contributed by atoms with Crippen molar-refractivity contribution >= 4 is 17.4 Å². The van der Waals surface area contributed by atoms with Crippen LogP contribution in [0.15, 0.2) is 42.5 Å². The number of rotatable bonds is 0. The van der Waals surface area contributed by atoms with Crippen LogP contribution in [0, 0.1) is 0 Å². The summed E-state index contributed by atoms with van der Waals surface area (Å²) in [6, 6.07) is 12.6. The number of hydrogen-bond donors (Lipinski definition) is 0. The fraction of sp³-hybridized carbons (Fsp3) is 0.0714. The van der Waals surface area contributed by atoms with Gasteiger partial charge in [0.15, 0.2) is 5.78 Å². The SMILES string of the molecule is O=C1c2ccccc2COc2cc(Cl)ccc21. The van der Waals surface area contributed by atoms with Crippen molar-refractivity contribution in [3.8, 4) is 5.75 Å². The molecule has 0 fully saturated rings. The van der Waals surface area contributed by atoms with E-state index in [9.17, 15) is 4.79 Å². The first kappa shape index (κ1) is 10.4. The van der Waals surface area contributed by atoms with Crippen LogP contribution in [0.1, 0.15) is 21.5 Å². The zero-order valence-corrected chi connectivity index (χ0v) is 9.70. The maximum absolute atomic E-state index is 12.3. The largest absolute Gasteiger partial charge is 0.488 e. The van der Waals surface area contributed by atoms with Gasteiger partial charge in [-0.05, 0) is 18.2 Å². The first-order valence-electron chi connectivity index (χ1n) is 5.30. The summed E-state index contributed by atoms with van der Waals surface area (Å²) in [6.07, 6.45) is 0. The average Bonchev–Trinajstić information content (AvgIpc) is 2.48. The number of ether oxygens (including phenoxy) is 1. The van der Waals surface area contributed by atoms with E-state index in [0.29, 0.717) is 28.5 Å². The summed E-state index contributed by atoms with van der Waals surface area (Å²) in [5.41, 5.74) is 2.18. The molecule has 1 aliphatic rings. The van der Waals surface area contributed by atoms with Gasteiger partial charge in [0, 0.05) is 16.1 Å². The molecule has 17 heavy (non-hydrogen) atoms. The molecule has 2 nitrogen and oxygen atoms in total. The molecule has 0 aromatic heterocycles. The number of hydrogen-bond acceptors (Lipinski definition) is 2. The number of fused-ring (bicyclic) bond motifs is 2. The van der Waals surface area contributed by atoms with E-state index in [0.717, 1.165) is 5.56 Å². The molecule has 0 N–H and O–H groups in total. The van der Waals surface area contributed by atoms with Crippen LogP contribution in [-0.2, 0) is 6.61 Å². The van der Waals surface area contributed by atoms with Gasteiger partial charge in [-0.25, -0.2) is 0 Å². The maximum atomic E-state index is 12.3. The van der Waals surface area contributed by atoms with Gasteiger partial charge in [0.05, 0.1) is 5.56 Å². The fourth-order valence-electron chi connectivity index (χ4n) is 1.97. The second kappa shape index (κ2) is 3.90. The van der Waals surface area contributed by atoms with Crippen molar-refractivity contribution in [3.63, 3.8) is 0 Å². The molecule has 0 saturated heterocycles. The molecule has 1 heterocycles. The van der Waals surface area contributed by atoms with Crippen molar-refractivity contribution in [1.29, 1.82) is 0 Å². The minimum absolute atomic E-state index is 0.00948. The molecule has 0 amide bonds. The Hall–Kier alpha value is -1.80. The second-order valence-corrected chi connectivity index (χ2v) is 4.35. The molecular weight excluding hydrogens is 236 g/mol. The minimum Gasteiger partial charge on any atom is -0.488 e. The Morgan fingerprint density at radius 3 is 2.76 bits per heavy atom. The lowest BCUT2D eigenvalue weighted by Gasteiger charge is -2.05. The molecule has 0 unspecified atom stereocenters. The van der Waals surface area contributed by atoms with Crippen LogP contribution in [0.25, 0.3) is 0 Å². The van der Waals surface area contributed by atoms with Crippen LogP contribution in [0.4, 0.5) is 0 Å². The third-order valence-corrected chi connectivity index (χ3v) is 3.07. The highest BCUT2D eigenvalue weighted by molar-refractivity contribution is 6.31. The molecule has 2 aromatic rings. The third-order valence-electron chi connectivity index (χ3n) is 2.83. The monoisotopic (exact) mass is 244 g/mol. The number of halogens is 1. The molecule has 0 radical (unpaired) electrons. The van der Waals surface area contributed by atoms with Gasteiger partial charge >= 0.3 is 0 Å². The van der Waals surface area contributed by atoms with E-state index in [1.54, 1.807) is 18.2 Å².